The molecule has 1 aliphatic rings. The van der Waals surface area contributed by atoms with Crippen LogP contribution in [-0.2, 0) is 14.3 Å². The Balaban J connectivity index is 1.50. The molecule has 0 aliphatic heterocycles. The summed E-state index contributed by atoms with van der Waals surface area (Å²) in [6, 6.07) is 6.50. The van der Waals surface area contributed by atoms with E-state index in [1.807, 2.05) is 0 Å². The molecule has 2 unspecified atom stereocenters. The van der Waals surface area contributed by atoms with Crippen molar-refractivity contribution in [3.8, 4) is 0 Å². The van der Waals surface area contributed by atoms with Crippen LogP contribution >= 0.6 is 0 Å². The molecule has 2 aromatic rings. The normalized spacial score (nSPS) is 16.7. The van der Waals surface area contributed by atoms with Crippen molar-refractivity contribution in [1.29, 1.82) is 0 Å². The van der Waals surface area contributed by atoms with Crippen molar-refractivity contribution >= 4 is 23.2 Å². The number of nitrogens with zero attached hydrogens (tertiary/aromatic N) is 3. The SMILES string of the molecule is CC(OC1CCCC1)C(=O)Nc1ccc(NC(=O)C(C)n2cncn2)cc1. The van der Waals surface area contributed by atoms with E-state index in [1.54, 1.807) is 38.1 Å². The Morgan fingerprint density at radius 3 is 2.22 bits per heavy atom. The maximum atomic E-state index is 12.3. The Bertz CT molecular complexity index is 754. The molecule has 1 fully saturated rings. The minimum atomic E-state index is -0.490. The molecule has 1 aromatic heterocycles. The fourth-order valence-corrected chi connectivity index (χ4v) is 3.04. The van der Waals surface area contributed by atoms with E-state index in [0.717, 1.165) is 12.8 Å². The van der Waals surface area contributed by atoms with Crippen LogP contribution in [0.2, 0.25) is 0 Å². The molecule has 0 saturated heterocycles. The van der Waals surface area contributed by atoms with E-state index >= 15 is 0 Å². The van der Waals surface area contributed by atoms with Crippen LogP contribution in [0.25, 0.3) is 0 Å². The number of amides is 2. The molecule has 0 spiro atoms. The maximum absolute atomic E-state index is 12.3. The van der Waals surface area contributed by atoms with E-state index < -0.39 is 12.1 Å². The van der Waals surface area contributed by atoms with Crippen molar-refractivity contribution in [2.45, 2.75) is 57.8 Å². The minimum Gasteiger partial charge on any atom is -0.365 e. The molecule has 3 rings (SSSR count). The molecule has 27 heavy (non-hydrogen) atoms. The van der Waals surface area contributed by atoms with Crippen LogP contribution in [0.15, 0.2) is 36.9 Å². The molecule has 1 aliphatic carbocycles. The smallest absolute Gasteiger partial charge is 0.253 e. The van der Waals surface area contributed by atoms with Gasteiger partial charge in [0.25, 0.3) is 5.91 Å². The third-order valence-corrected chi connectivity index (χ3v) is 4.70. The number of anilines is 2. The Morgan fingerprint density at radius 1 is 1.07 bits per heavy atom. The summed E-state index contributed by atoms with van der Waals surface area (Å²) in [4.78, 5) is 28.3. The molecule has 0 radical (unpaired) electrons. The lowest BCUT2D eigenvalue weighted by Crippen LogP contribution is -2.30. The number of hydrogen-bond donors (Lipinski definition) is 2. The van der Waals surface area contributed by atoms with Gasteiger partial charge in [0.1, 0.15) is 24.8 Å². The van der Waals surface area contributed by atoms with Gasteiger partial charge in [-0.05, 0) is 51.0 Å². The molecule has 2 atom stereocenters. The molecule has 2 N–H and O–H groups in total. The highest BCUT2D eigenvalue weighted by molar-refractivity contribution is 5.95. The number of carbonyl (C=O) groups excluding carboxylic acids is 2. The number of nitrogens with one attached hydrogen (secondary N) is 2. The van der Waals surface area contributed by atoms with Crippen LogP contribution in [0.3, 0.4) is 0 Å². The summed E-state index contributed by atoms with van der Waals surface area (Å²) < 4.78 is 7.28. The number of ether oxygens (including phenoxy) is 1. The average Bonchev–Trinajstić information content (AvgIpc) is 3.36. The largest absolute Gasteiger partial charge is 0.365 e. The van der Waals surface area contributed by atoms with Gasteiger partial charge in [0.2, 0.25) is 5.91 Å². The van der Waals surface area contributed by atoms with Gasteiger partial charge < -0.3 is 15.4 Å². The Labute approximate surface area is 158 Å². The van der Waals surface area contributed by atoms with Gasteiger partial charge in [-0.15, -0.1) is 0 Å². The van der Waals surface area contributed by atoms with Crippen molar-refractivity contribution in [3.63, 3.8) is 0 Å². The highest BCUT2D eigenvalue weighted by Gasteiger charge is 2.22. The Hall–Kier alpha value is -2.74. The molecule has 0 bridgehead atoms. The second-order valence-corrected chi connectivity index (χ2v) is 6.79. The lowest BCUT2D eigenvalue weighted by molar-refractivity contribution is -0.129. The van der Waals surface area contributed by atoms with Crippen LogP contribution in [-0.4, -0.2) is 38.8 Å². The molecule has 2 amide bonds. The quantitative estimate of drug-likeness (QED) is 0.780. The van der Waals surface area contributed by atoms with E-state index in [4.69, 9.17) is 4.74 Å². The maximum Gasteiger partial charge on any atom is 0.253 e. The van der Waals surface area contributed by atoms with Gasteiger partial charge >= 0.3 is 0 Å². The van der Waals surface area contributed by atoms with Gasteiger partial charge in [-0.2, -0.15) is 5.10 Å². The molecule has 1 heterocycles. The molecular formula is C19H25N5O3. The fraction of sp³-hybridized carbons (Fsp3) is 0.474. The van der Waals surface area contributed by atoms with E-state index in [0.29, 0.717) is 11.4 Å². The first-order chi connectivity index (χ1) is 13.0. The summed E-state index contributed by atoms with van der Waals surface area (Å²) in [5, 5.41) is 9.62. The van der Waals surface area contributed by atoms with E-state index in [-0.39, 0.29) is 17.9 Å². The second-order valence-electron chi connectivity index (χ2n) is 6.79. The standard InChI is InChI=1S/C19H25N5O3/c1-13(24-12-20-11-21-24)18(25)22-15-7-9-16(10-8-15)23-19(26)14(2)27-17-5-3-4-6-17/h7-14,17H,3-6H2,1-2H3,(H,22,25)(H,23,26). The summed E-state index contributed by atoms with van der Waals surface area (Å²) in [5.74, 6) is -0.366. The third kappa shape index (κ3) is 5.13. The first-order valence-corrected chi connectivity index (χ1v) is 9.24. The molecule has 144 valence electrons. The van der Waals surface area contributed by atoms with Crippen LogP contribution in [0.4, 0.5) is 11.4 Å². The van der Waals surface area contributed by atoms with Crippen LogP contribution in [0.1, 0.15) is 45.6 Å². The predicted octanol–water partition coefficient (Wildman–Crippen LogP) is 2.76. The van der Waals surface area contributed by atoms with Crippen LogP contribution in [0, 0.1) is 0 Å². The number of hydrogen-bond acceptors (Lipinski definition) is 5. The Kier molecular flexibility index (Phi) is 6.18. The summed E-state index contributed by atoms with van der Waals surface area (Å²) in [5.41, 5.74) is 1.30. The van der Waals surface area contributed by atoms with Crippen molar-refractivity contribution in [3.05, 3.63) is 36.9 Å². The number of rotatable bonds is 7. The van der Waals surface area contributed by atoms with Gasteiger partial charge in [0.05, 0.1) is 6.10 Å². The lowest BCUT2D eigenvalue weighted by Gasteiger charge is -2.18. The first kappa shape index (κ1) is 19.0. The Morgan fingerprint density at radius 2 is 1.67 bits per heavy atom. The summed E-state index contributed by atoms with van der Waals surface area (Å²) in [6.07, 6.45) is 6.98. The average molecular weight is 371 g/mol. The molecular weight excluding hydrogens is 346 g/mol. The minimum absolute atomic E-state index is 0.168. The number of aromatic nitrogens is 3. The van der Waals surface area contributed by atoms with Gasteiger partial charge in [-0.3, -0.25) is 9.59 Å². The van der Waals surface area contributed by atoms with Crippen molar-refractivity contribution < 1.29 is 14.3 Å². The molecule has 8 heteroatoms. The number of benzene rings is 1. The zero-order valence-electron chi connectivity index (χ0n) is 15.6. The monoisotopic (exact) mass is 371 g/mol. The summed E-state index contributed by atoms with van der Waals surface area (Å²) in [6.45, 7) is 3.51. The molecule has 1 aromatic carbocycles. The zero-order chi connectivity index (χ0) is 19.2. The first-order valence-electron chi connectivity index (χ1n) is 9.24. The highest BCUT2D eigenvalue weighted by atomic mass is 16.5. The zero-order valence-corrected chi connectivity index (χ0v) is 15.6. The topological polar surface area (TPSA) is 98.1 Å². The van der Waals surface area contributed by atoms with Crippen LogP contribution in [0.5, 0.6) is 0 Å². The molecule has 8 nitrogen and oxygen atoms in total. The van der Waals surface area contributed by atoms with Crippen LogP contribution < -0.4 is 10.6 Å². The summed E-state index contributed by atoms with van der Waals surface area (Å²) >= 11 is 0. The third-order valence-electron chi connectivity index (χ3n) is 4.70. The van der Waals surface area contributed by atoms with Gasteiger partial charge in [-0.25, -0.2) is 9.67 Å². The molecule has 1 saturated carbocycles. The second kappa shape index (κ2) is 8.77. The van der Waals surface area contributed by atoms with Crippen molar-refractivity contribution in [2.24, 2.45) is 0 Å². The summed E-state index contributed by atoms with van der Waals surface area (Å²) in [7, 11) is 0. The number of carbonyl (C=O) groups is 2. The van der Waals surface area contributed by atoms with E-state index in [9.17, 15) is 9.59 Å². The van der Waals surface area contributed by atoms with Gasteiger partial charge in [-0.1, -0.05) is 12.8 Å². The van der Waals surface area contributed by atoms with Gasteiger partial charge in [0.15, 0.2) is 0 Å². The fourth-order valence-electron chi connectivity index (χ4n) is 3.04. The highest BCUT2D eigenvalue weighted by Crippen LogP contribution is 2.22. The van der Waals surface area contributed by atoms with Gasteiger partial charge in [0, 0.05) is 11.4 Å². The van der Waals surface area contributed by atoms with Crippen molar-refractivity contribution in [1.82, 2.24) is 14.8 Å². The predicted molar refractivity (Wildman–Crippen MR) is 101 cm³/mol. The lowest BCUT2D eigenvalue weighted by atomic mass is 10.2. The van der Waals surface area contributed by atoms with E-state index in [2.05, 4.69) is 20.7 Å². The van der Waals surface area contributed by atoms with E-state index in [1.165, 1.54) is 30.2 Å². The van der Waals surface area contributed by atoms with Crippen molar-refractivity contribution in [2.75, 3.05) is 10.6 Å².